The fourth-order valence-electron chi connectivity index (χ4n) is 4.62. The molecule has 1 aliphatic heterocycles. The first-order chi connectivity index (χ1) is 16.9. The van der Waals surface area contributed by atoms with Gasteiger partial charge in [-0.3, -0.25) is 14.4 Å². The molecule has 5 rings (SSSR count). The highest BCUT2D eigenvalue weighted by molar-refractivity contribution is 5.94. The standard InChI is InChI=1S/C24H30N8O3/c1-14-11-18(14)28-23(34)20-13-26-22-19(25-3)12-21(29-32(20)22)27-17-5-4-8-31(24(17)35)16-6-9-30(10-7-16)15(2)33/h4-5,8,12-14,16,18,25H,6-7,9-11H2,1-3H3,(H,27,29)(H,28,34)/t14-,18?/m0/s1. The van der Waals surface area contributed by atoms with Gasteiger partial charge in [-0.25, -0.2) is 9.50 Å². The van der Waals surface area contributed by atoms with Gasteiger partial charge in [-0.1, -0.05) is 6.92 Å². The second kappa shape index (κ2) is 9.05. The SMILES string of the molecule is CNc1cc(Nc2cccn(C3CCN(C(C)=O)CC3)c2=O)nn2c(C(=O)NC3C[C@@H]3C)cnc12. The minimum absolute atomic E-state index is 0.0249. The van der Waals surface area contributed by atoms with Crippen LogP contribution in [0.5, 0.6) is 0 Å². The average molecular weight is 479 g/mol. The number of fused-ring (bicyclic) bond motifs is 1. The summed E-state index contributed by atoms with van der Waals surface area (Å²) in [5.41, 5.74) is 1.76. The number of amides is 2. The highest BCUT2D eigenvalue weighted by Crippen LogP contribution is 2.29. The predicted octanol–water partition coefficient (Wildman–Crippen LogP) is 2.00. The van der Waals surface area contributed by atoms with E-state index in [1.54, 1.807) is 36.9 Å². The monoisotopic (exact) mass is 478 g/mol. The van der Waals surface area contributed by atoms with Crippen molar-refractivity contribution in [1.82, 2.24) is 29.4 Å². The first kappa shape index (κ1) is 22.9. The van der Waals surface area contributed by atoms with Gasteiger partial charge in [0.05, 0.1) is 11.9 Å². The molecular formula is C24H30N8O3. The Bertz CT molecular complexity index is 1340. The van der Waals surface area contributed by atoms with Gasteiger partial charge in [-0.2, -0.15) is 0 Å². The van der Waals surface area contributed by atoms with Crippen LogP contribution in [0.1, 0.15) is 49.6 Å². The van der Waals surface area contributed by atoms with Crippen LogP contribution >= 0.6 is 0 Å². The van der Waals surface area contributed by atoms with Crippen molar-refractivity contribution in [3.8, 4) is 0 Å². The van der Waals surface area contributed by atoms with Crippen molar-refractivity contribution < 1.29 is 9.59 Å². The van der Waals surface area contributed by atoms with Crippen molar-refractivity contribution >= 4 is 34.7 Å². The van der Waals surface area contributed by atoms with Crippen LogP contribution in [0.3, 0.4) is 0 Å². The molecule has 2 fully saturated rings. The summed E-state index contributed by atoms with van der Waals surface area (Å²) >= 11 is 0. The number of piperidine rings is 1. The maximum atomic E-state index is 13.3. The molecule has 1 saturated carbocycles. The molecule has 0 spiro atoms. The Morgan fingerprint density at radius 2 is 1.91 bits per heavy atom. The van der Waals surface area contributed by atoms with E-state index in [2.05, 4.69) is 33.0 Å². The Kier molecular flexibility index (Phi) is 5.91. The van der Waals surface area contributed by atoms with Crippen molar-refractivity contribution in [2.24, 2.45) is 5.92 Å². The van der Waals surface area contributed by atoms with E-state index in [0.717, 1.165) is 19.3 Å². The molecule has 3 aromatic rings. The number of carbonyl (C=O) groups is 2. The first-order valence-electron chi connectivity index (χ1n) is 12.0. The van der Waals surface area contributed by atoms with E-state index in [1.807, 2.05) is 11.0 Å². The van der Waals surface area contributed by atoms with Crippen LogP contribution in [0.25, 0.3) is 5.65 Å². The molecule has 35 heavy (non-hydrogen) atoms. The largest absolute Gasteiger partial charge is 0.385 e. The number of hydrogen-bond acceptors (Lipinski definition) is 7. The molecule has 0 aromatic carbocycles. The highest BCUT2D eigenvalue weighted by Gasteiger charge is 2.34. The van der Waals surface area contributed by atoms with E-state index in [4.69, 9.17) is 0 Å². The van der Waals surface area contributed by atoms with Crippen molar-refractivity contribution in [3.63, 3.8) is 0 Å². The van der Waals surface area contributed by atoms with E-state index >= 15 is 0 Å². The van der Waals surface area contributed by atoms with E-state index in [1.165, 1.54) is 10.7 Å². The third-order valence-electron chi connectivity index (χ3n) is 6.94. The first-order valence-corrected chi connectivity index (χ1v) is 12.0. The molecule has 11 nitrogen and oxygen atoms in total. The minimum atomic E-state index is -0.225. The molecule has 3 aromatic heterocycles. The molecule has 2 amide bonds. The molecule has 2 aliphatic rings. The lowest BCUT2D eigenvalue weighted by Gasteiger charge is -2.32. The minimum Gasteiger partial charge on any atom is -0.385 e. The molecule has 1 aliphatic carbocycles. The molecule has 2 atom stereocenters. The number of hydrogen-bond donors (Lipinski definition) is 3. The summed E-state index contributed by atoms with van der Waals surface area (Å²) in [6.07, 6.45) is 5.72. The van der Waals surface area contributed by atoms with Gasteiger partial charge >= 0.3 is 0 Å². The second-order valence-corrected chi connectivity index (χ2v) is 9.36. The van der Waals surface area contributed by atoms with Gasteiger partial charge in [0.1, 0.15) is 5.69 Å². The Morgan fingerprint density at radius 1 is 1.17 bits per heavy atom. The van der Waals surface area contributed by atoms with Gasteiger partial charge in [0, 0.05) is 51.4 Å². The number of nitrogens with zero attached hydrogens (tertiary/aromatic N) is 5. The summed E-state index contributed by atoms with van der Waals surface area (Å²) < 4.78 is 3.22. The summed E-state index contributed by atoms with van der Waals surface area (Å²) in [6, 6.07) is 5.51. The van der Waals surface area contributed by atoms with Gasteiger partial charge in [0.2, 0.25) is 5.91 Å². The predicted molar refractivity (Wildman–Crippen MR) is 132 cm³/mol. The molecule has 4 heterocycles. The third kappa shape index (κ3) is 4.45. The van der Waals surface area contributed by atoms with Crippen LogP contribution in [0.2, 0.25) is 0 Å². The number of aromatic nitrogens is 4. The number of imidazole rings is 1. The van der Waals surface area contributed by atoms with Crippen LogP contribution in [-0.2, 0) is 4.79 Å². The number of carbonyl (C=O) groups excluding carboxylic acids is 2. The summed E-state index contributed by atoms with van der Waals surface area (Å²) in [5.74, 6) is 0.728. The lowest BCUT2D eigenvalue weighted by atomic mass is 10.0. The van der Waals surface area contributed by atoms with E-state index in [9.17, 15) is 14.4 Å². The maximum absolute atomic E-state index is 13.3. The summed E-state index contributed by atoms with van der Waals surface area (Å²) in [4.78, 5) is 43.9. The Labute approximate surface area is 202 Å². The smallest absolute Gasteiger partial charge is 0.274 e. The van der Waals surface area contributed by atoms with Crippen molar-refractivity contribution in [2.75, 3.05) is 30.8 Å². The van der Waals surface area contributed by atoms with Crippen molar-refractivity contribution in [1.29, 1.82) is 0 Å². The quantitative estimate of drug-likeness (QED) is 0.495. The van der Waals surface area contributed by atoms with Crippen LogP contribution < -0.4 is 21.5 Å². The van der Waals surface area contributed by atoms with Crippen molar-refractivity contribution in [3.05, 3.63) is 46.6 Å². The molecule has 1 unspecified atom stereocenters. The maximum Gasteiger partial charge on any atom is 0.274 e. The molecular weight excluding hydrogens is 448 g/mol. The molecule has 1 saturated heterocycles. The number of pyridine rings is 1. The molecule has 3 N–H and O–H groups in total. The number of anilines is 3. The van der Waals surface area contributed by atoms with Gasteiger partial charge in [-0.05, 0) is 37.3 Å². The molecule has 184 valence electrons. The van der Waals surface area contributed by atoms with Crippen LogP contribution in [-0.4, -0.2) is 62.1 Å². The van der Waals surface area contributed by atoms with Gasteiger partial charge < -0.3 is 25.4 Å². The fraction of sp³-hybridized carbons (Fsp3) is 0.458. The Morgan fingerprint density at radius 3 is 2.57 bits per heavy atom. The Balaban J connectivity index is 1.42. The third-order valence-corrected chi connectivity index (χ3v) is 6.94. The lowest BCUT2D eigenvalue weighted by Crippen LogP contribution is -2.39. The topological polar surface area (TPSA) is 126 Å². The Hall–Kier alpha value is -3.89. The average Bonchev–Trinajstić information content (AvgIpc) is 3.36. The zero-order chi connectivity index (χ0) is 24.7. The summed E-state index contributed by atoms with van der Waals surface area (Å²) in [6.45, 7) is 4.94. The van der Waals surface area contributed by atoms with E-state index in [-0.39, 0.29) is 29.5 Å². The summed E-state index contributed by atoms with van der Waals surface area (Å²) in [5, 5.41) is 13.8. The summed E-state index contributed by atoms with van der Waals surface area (Å²) in [7, 11) is 1.77. The van der Waals surface area contributed by atoms with E-state index < -0.39 is 0 Å². The van der Waals surface area contributed by atoms with E-state index in [0.29, 0.717) is 47.5 Å². The zero-order valence-corrected chi connectivity index (χ0v) is 20.1. The van der Waals surface area contributed by atoms with Crippen molar-refractivity contribution in [2.45, 2.75) is 45.2 Å². The second-order valence-electron chi connectivity index (χ2n) is 9.36. The highest BCUT2D eigenvalue weighted by atomic mass is 16.2. The molecule has 0 radical (unpaired) electrons. The van der Waals surface area contributed by atoms with Gasteiger partial charge in [0.15, 0.2) is 17.2 Å². The van der Waals surface area contributed by atoms with Gasteiger partial charge in [-0.15, -0.1) is 5.10 Å². The number of likely N-dealkylation sites (tertiary alicyclic amines) is 1. The fourth-order valence-corrected chi connectivity index (χ4v) is 4.62. The molecule has 0 bridgehead atoms. The van der Waals surface area contributed by atoms with Crippen LogP contribution in [0.15, 0.2) is 35.4 Å². The number of rotatable bonds is 6. The van der Waals surface area contributed by atoms with Crippen LogP contribution in [0, 0.1) is 5.92 Å². The zero-order valence-electron chi connectivity index (χ0n) is 20.1. The number of nitrogens with one attached hydrogen (secondary N) is 3. The normalized spacial score (nSPS) is 20.0. The molecule has 11 heteroatoms. The van der Waals surface area contributed by atoms with Gasteiger partial charge in [0.25, 0.3) is 11.5 Å². The lowest BCUT2D eigenvalue weighted by molar-refractivity contribution is -0.130. The van der Waals surface area contributed by atoms with Crippen LogP contribution in [0.4, 0.5) is 17.2 Å².